The van der Waals surface area contributed by atoms with E-state index in [1.54, 1.807) is 6.20 Å². The Kier molecular flexibility index (Phi) is 5.02. The van der Waals surface area contributed by atoms with Crippen LogP contribution in [0, 0.1) is 0 Å². The summed E-state index contributed by atoms with van der Waals surface area (Å²) in [6.07, 6.45) is 5.68. The van der Waals surface area contributed by atoms with Crippen molar-refractivity contribution < 1.29 is 0 Å². The molecule has 0 N–H and O–H groups in total. The molecular weight excluding hydrogens is 146 g/mol. The first-order chi connectivity index (χ1) is 5.63. The monoisotopic (exact) mass is 163 g/mol. The molecule has 0 bridgehead atoms. The first-order valence-corrected chi connectivity index (χ1v) is 4.09. The summed E-state index contributed by atoms with van der Waals surface area (Å²) in [5.74, 6) is 0. The minimum Gasteiger partial charge on any atom is -0.262 e. The van der Waals surface area contributed by atoms with Crippen LogP contribution in [0.25, 0.3) is 0 Å². The highest BCUT2D eigenvalue weighted by Gasteiger charge is 1.95. The van der Waals surface area contributed by atoms with Crippen LogP contribution in [-0.2, 0) is 0 Å². The summed E-state index contributed by atoms with van der Waals surface area (Å²) in [7, 11) is 0. The third-order valence-corrected chi connectivity index (χ3v) is 1.84. The average molecular weight is 163 g/mol. The van der Waals surface area contributed by atoms with Gasteiger partial charge in [-0.15, -0.1) is 0 Å². The van der Waals surface area contributed by atoms with E-state index in [0.717, 1.165) is 5.71 Å². The van der Waals surface area contributed by atoms with Gasteiger partial charge in [0.05, 0.1) is 0 Å². The summed E-state index contributed by atoms with van der Waals surface area (Å²) >= 11 is 0. The number of hydrogen-bond acceptors (Lipinski definition) is 1. The van der Waals surface area contributed by atoms with E-state index in [1.165, 1.54) is 11.1 Å². The molecule has 0 aliphatic carbocycles. The highest BCUT2D eigenvalue weighted by molar-refractivity contribution is 5.99. The lowest BCUT2D eigenvalue weighted by atomic mass is 10.1. The second-order valence-corrected chi connectivity index (χ2v) is 2.71. The van der Waals surface area contributed by atoms with Gasteiger partial charge in [-0.1, -0.05) is 18.7 Å². The van der Waals surface area contributed by atoms with Crippen molar-refractivity contribution >= 4 is 5.71 Å². The van der Waals surface area contributed by atoms with Gasteiger partial charge in [-0.3, -0.25) is 4.99 Å². The number of hydrogen-bond donors (Lipinski definition) is 0. The van der Waals surface area contributed by atoms with Crippen LogP contribution < -0.4 is 0 Å². The molecule has 1 heteroatoms. The van der Waals surface area contributed by atoms with Crippen LogP contribution in [0.5, 0.6) is 0 Å². The first kappa shape index (κ1) is 10.9. The lowest BCUT2D eigenvalue weighted by Crippen LogP contribution is -1.94. The maximum Gasteiger partial charge on any atom is 0.0404 e. The molecule has 0 aromatic carbocycles. The van der Waals surface area contributed by atoms with Crippen LogP contribution in [0.15, 0.2) is 41.1 Å². The fourth-order valence-corrected chi connectivity index (χ4v) is 0.894. The molecule has 0 atom stereocenters. The maximum atomic E-state index is 4.12. The van der Waals surface area contributed by atoms with Gasteiger partial charge >= 0.3 is 0 Å². The van der Waals surface area contributed by atoms with Crippen LogP contribution in [0.3, 0.4) is 0 Å². The second kappa shape index (κ2) is 5.53. The largest absolute Gasteiger partial charge is 0.262 e. The van der Waals surface area contributed by atoms with E-state index in [1.807, 2.05) is 19.9 Å². The fraction of sp³-hybridized carbons (Fsp3) is 0.364. The van der Waals surface area contributed by atoms with Gasteiger partial charge in [-0.05, 0) is 38.8 Å². The Bertz CT molecular complexity index is 242. The normalized spacial score (nSPS) is 14.8. The van der Waals surface area contributed by atoms with E-state index < -0.39 is 0 Å². The van der Waals surface area contributed by atoms with Gasteiger partial charge in [-0.25, -0.2) is 0 Å². The molecule has 12 heavy (non-hydrogen) atoms. The third-order valence-electron chi connectivity index (χ3n) is 1.84. The van der Waals surface area contributed by atoms with Gasteiger partial charge in [0.15, 0.2) is 0 Å². The zero-order chi connectivity index (χ0) is 9.56. The van der Waals surface area contributed by atoms with E-state index >= 15 is 0 Å². The summed E-state index contributed by atoms with van der Waals surface area (Å²) in [4.78, 5) is 4.12. The topological polar surface area (TPSA) is 12.4 Å². The lowest BCUT2D eigenvalue weighted by molar-refractivity contribution is 1.37. The van der Waals surface area contributed by atoms with Crippen molar-refractivity contribution in [2.75, 3.05) is 0 Å². The summed E-state index contributed by atoms with van der Waals surface area (Å²) in [5.41, 5.74) is 3.49. The molecule has 0 aliphatic rings. The molecule has 66 valence electrons. The SMILES string of the molecule is C=CN=C(C)/C(C)=C(C)/C=C\C. The van der Waals surface area contributed by atoms with Crippen molar-refractivity contribution in [2.24, 2.45) is 4.99 Å². The Labute approximate surface area is 75.2 Å². The van der Waals surface area contributed by atoms with Gasteiger partial charge < -0.3 is 0 Å². The molecule has 0 saturated carbocycles. The molecule has 1 nitrogen and oxygen atoms in total. The molecule has 0 rings (SSSR count). The van der Waals surface area contributed by atoms with Crippen molar-refractivity contribution in [3.05, 3.63) is 36.1 Å². The van der Waals surface area contributed by atoms with Crippen LogP contribution >= 0.6 is 0 Å². The Morgan fingerprint density at radius 2 is 1.83 bits per heavy atom. The van der Waals surface area contributed by atoms with E-state index in [0.29, 0.717) is 0 Å². The Balaban J connectivity index is 4.76. The molecule has 0 aromatic rings. The number of rotatable bonds is 3. The molecule has 0 saturated heterocycles. The quantitative estimate of drug-likeness (QED) is 0.446. The summed E-state index contributed by atoms with van der Waals surface area (Å²) < 4.78 is 0. The Hall–Kier alpha value is -1.11. The molecular formula is C11H17N. The van der Waals surface area contributed by atoms with Gasteiger partial charge in [-0.2, -0.15) is 0 Å². The van der Waals surface area contributed by atoms with Crippen molar-refractivity contribution in [2.45, 2.75) is 27.7 Å². The lowest BCUT2D eigenvalue weighted by Gasteiger charge is -2.01. The minimum atomic E-state index is 1.03. The van der Waals surface area contributed by atoms with Gasteiger partial charge in [0.2, 0.25) is 0 Å². The third kappa shape index (κ3) is 3.33. The Morgan fingerprint density at radius 3 is 2.25 bits per heavy atom. The van der Waals surface area contributed by atoms with Gasteiger partial charge in [0.1, 0.15) is 0 Å². The zero-order valence-electron chi connectivity index (χ0n) is 8.39. The van der Waals surface area contributed by atoms with Crippen LogP contribution in [-0.4, -0.2) is 5.71 Å². The number of allylic oxidation sites excluding steroid dienone is 4. The standard InChI is InChI=1S/C11H17N/c1-6-8-9(3)10(4)11(5)12-7-2/h6-8H,2H2,1,3-5H3/b8-6-,10-9+,12-11?. The predicted octanol–water partition coefficient (Wildman–Crippen LogP) is 3.50. The molecule has 0 radical (unpaired) electrons. The number of aliphatic imine (C=N–C) groups is 1. The molecule has 0 heterocycles. The van der Waals surface area contributed by atoms with E-state index in [2.05, 4.69) is 31.5 Å². The van der Waals surface area contributed by atoms with Crippen LogP contribution in [0.4, 0.5) is 0 Å². The smallest absolute Gasteiger partial charge is 0.0404 e. The van der Waals surface area contributed by atoms with Crippen LogP contribution in [0.1, 0.15) is 27.7 Å². The fourth-order valence-electron chi connectivity index (χ4n) is 0.894. The summed E-state index contributed by atoms with van der Waals surface area (Å²) in [5, 5.41) is 0. The van der Waals surface area contributed by atoms with E-state index in [-0.39, 0.29) is 0 Å². The highest BCUT2D eigenvalue weighted by Crippen LogP contribution is 2.07. The molecule has 0 amide bonds. The van der Waals surface area contributed by atoms with Crippen molar-refractivity contribution in [1.82, 2.24) is 0 Å². The van der Waals surface area contributed by atoms with E-state index in [4.69, 9.17) is 0 Å². The Morgan fingerprint density at radius 1 is 1.25 bits per heavy atom. The molecule has 0 aliphatic heterocycles. The van der Waals surface area contributed by atoms with Gasteiger partial charge in [0, 0.05) is 11.9 Å². The first-order valence-electron chi connectivity index (χ1n) is 4.09. The van der Waals surface area contributed by atoms with E-state index in [9.17, 15) is 0 Å². The maximum absolute atomic E-state index is 4.12. The van der Waals surface area contributed by atoms with Crippen molar-refractivity contribution in [1.29, 1.82) is 0 Å². The molecule has 0 aromatic heterocycles. The molecule has 0 spiro atoms. The number of nitrogens with zero attached hydrogens (tertiary/aromatic N) is 1. The highest BCUT2D eigenvalue weighted by atomic mass is 14.7. The molecule has 0 fully saturated rings. The van der Waals surface area contributed by atoms with Gasteiger partial charge in [0.25, 0.3) is 0 Å². The zero-order valence-corrected chi connectivity index (χ0v) is 8.39. The second-order valence-electron chi connectivity index (χ2n) is 2.71. The summed E-state index contributed by atoms with van der Waals surface area (Å²) in [6.45, 7) is 11.7. The minimum absolute atomic E-state index is 1.03. The molecule has 0 unspecified atom stereocenters. The van der Waals surface area contributed by atoms with Crippen molar-refractivity contribution in [3.8, 4) is 0 Å². The van der Waals surface area contributed by atoms with Crippen LogP contribution in [0.2, 0.25) is 0 Å². The summed E-state index contributed by atoms with van der Waals surface area (Å²) in [6, 6.07) is 0. The van der Waals surface area contributed by atoms with Crippen molar-refractivity contribution in [3.63, 3.8) is 0 Å². The average Bonchev–Trinajstić information content (AvgIpc) is 2.04. The predicted molar refractivity (Wildman–Crippen MR) is 56.5 cm³/mol.